The van der Waals surface area contributed by atoms with Crippen LogP contribution in [-0.2, 0) is 0 Å². The molecule has 5 nitrogen and oxygen atoms in total. The number of amides is 1. The van der Waals surface area contributed by atoms with Crippen LogP contribution in [0.5, 0.6) is 5.75 Å². The number of H-pyrrole nitrogens is 1. The molecule has 0 aliphatic carbocycles. The molecule has 0 radical (unpaired) electrons. The van der Waals surface area contributed by atoms with Gasteiger partial charge in [-0.1, -0.05) is 48.5 Å². The molecule has 1 unspecified atom stereocenters. The van der Waals surface area contributed by atoms with Gasteiger partial charge in [0.2, 0.25) is 0 Å². The minimum atomic E-state index is -0.449. The molecule has 5 heteroatoms. The number of benzene rings is 2. The lowest BCUT2D eigenvalue weighted by Crippen LogP contribution is -2.34. The van der Waals surface area contributed by atoms with E-state index in [-0.39, 0.29) is 23.1 Å². The van der Waals surface area contributed by atoms with Crippen molar-refractivity contribution in [3.63, 3.8) is 0 Å². The lowest BCUT2D eigenvalue weighted by Gasteiger charge is -2.19. The number of nitrogens with one attached hydrogen (secondary N) is 1. The Balaban J connectivity index is 1.79. The van der Waals surface area contributed by atoms with Gasteiger partial charge in [-0.25, -0.2) is 0 Å². The van der Waals surface area contributed by atoms with E-state index in [0.29, 0.717) is 6.54 Å². The van der Waals surface area contributed by atoms with Gasteiger partial charge in [0.1, 0.15) is 11.3 Å². The first-order valence-corrected chi connectivity index (χ1v) is 8.42. The second kappa shape index (κ2) is 6.52. The molecule has 2 heterocycles. The molecule has 1 aromatic heterocycles. The maximum atomic E-state index is 13.2. The molecule has 0 bridgehead atoms. The summed E-state index contributed by atoms with van der Waals surface area (Å²) in [5.41, 5.74) is 2.63. The fourth-order valence-electron chi connectivity index (χ4n) is 3.54. The number of methoxy groups -OCH3 is 1. The van der Waals surface area contributed by atoms with Gasteiger partial charge < -0.3 is 14.6 Å². The van der Waals surface area contributed by atoms with Crippen LogP contribution in [0.2, 0.25) is 0 Å². The first kappa shape index (κ1) is 16.1. The lowest BCUT2D eigenvalue weighted by atomic mass is 9.93. The van der Waals surface area contributed by atoms with Gasteiger partial charge in [0.15, 0.2) is 0 Å². The van der Waals surface area contributed by atoms with Crippen LogP contribution in [0.4, 0.5) is 5.69 Å². The number of para-hydroxylation sites is 1. The van der Waals surface area contributed by atoms with E-state index in [2.05, 4.69) is 17.1 Å². The standard InChI is InChI=1S/C21H18N2O3/c1-26-18-11-12-22-20(24)19(18)21(25)23-13-16(14-7-3-2-4-8-14)15-9-5-6-10-17(15)23/h2-12,16H,13H2,1H3,(H,22,24). The summed E-state index contributed by atoms with van der Waals surface area (Å²) in [7, 11) is 1.45. The van der Waals surface area contributed by atoms with Gasteiger partial charge in [-0.2, -0.15) is 0 Å². The first-order chi connectivity index (χ1) is 12.7. The molecule has 1 amide bonds. The summed E-state index contributed by atoms with van der Waals surface area (Å²) in [5.74, 6) is -0.000822. The Morgan fingerprint density at radius 2 is 1.81 bits per heavy atom. The molecule has 0 spiro atoms. The van der Waals surface area contributed by atoms with E-state index in [0.717, 1.165) is 16.8 Å². The monoisotopic (exact) mass is 346 g/mol. The third-order valence-electron chi connectivity index (χ3n) is 4.77. The van der Waals surface area contributed by atoms with Crippen molar-refractivity contribution in [1.29, 1.82) is 0 Å². The van der Waals surface area contributed by atoms with Crippen molar-refractivity contribution in [2.75, 3.05) is 18.6 Å². The minimum absolute atomic E-state index is 0.0264. The summed E-state index contributed by atoms with van der Waals surface area (Å²) in [6, 6.07) is 19.5. The highest BCUT2D eigenvalue weighted by atomic mass is 16.5. The molecule has 1 aliphatic heterocycles. The molecule has 2 aromatic carbocycles. The van der Waals surface area contributed by atoms with Crippen LogP contribution in [0.3, 0.4) is 0 Å². The SMILES string of the molecule is COc1cc[nH]c(=O)c1C(=O)N1CC(c2ccccc2)c2ccccc21. The molecule has 0 saturated heterocycles. The van der Waals surface area contributed by atoms with Crippen LogP contribution in [0.1, 0.15) is 27.4 Å². The first-order valence-electron chi connectivity index (χ1n) is 8.42. The summed E-state index contributed by atoms with van der Waals surface area (Å²) in [5, 5.41) is 0. The van der Waals surface area contributed by atoms with Gasteiger partial charge in [0, 0.05) is 24.3 Å². The molecule has 1 atom stereocenters. The fourth-order valence-corrected chi connectivity index (χ4v) is 3.54. The average Bonchev–Trinajstić information content (AvgIpc) is 3.07. The summed E-state index contributed by atoms with van der Waals surface area (Å²) in [6.45, 7) is 0.486. The second-order valence-corrected chi connectivity index (χ2v) is 6.19. The number of hydrogen-bond donors (Lipinski definition) is 1. The Morgan fingerprint density at radius 3 is 2.58 bits per heavy atom. The predicted molar refractivity (Wildman–Crippen MR) is 100 cm³/mol. The molecular formula is C21H18N2O3. The third-order valence-corrected chi connectivity index (χ3v) is 4.77. The molecule has 130 valence electrons. The van der Waals surface area contributed by atoms with Crippen molar-refractivity contribution in [2.45, 2.75) is 5.92 Å². The van der Waals surface area contributed by atoms with Crippen molar-refractivity contribution in [3.8, 4) is 5.75 Å². The Morgan fingerprint density at radius 1 is 1.08 bits per heavy atom. The summed E-state index contributed by atoms with van der Waals surface area (Å²) in [4.78, 5) is 29.7. The van der Waals surface area contributed by atoms with Gasteiger partial charge in [0.25, 0.3) is 11.5 Å². The molecule has 1 N–H and O–H groups in total. The number of fused-ring (bicyclic) bond motifs is 1. The predicted octanol–water partition coefficient (Wildman–Crippen LogP) is 3.18. The minimum Gasteiger partial charge on any atom is -0.496 e. The van der Waals surface area contributed by atoms with Crippen LogP contribution in [-0.4, -0.2) is 24.5 Å². The molecule has 4 rings (SSSR count). The highest BCUT2D eigenvalue weighted by molar-refractivity contribution is 6.09. The Labute approximate surface area is 150 Å². The second-order valence-electron chi connectivity index (χ2n) is 6.19. The number of anilines is 1. The smallest absolute Gasteiger partial charge is 0.267 e. The largest absolute Gasteiger partial charge is 0.496 e. The zero-order chi connectivity index (χ0) is 18.1. The van der Waals surface area contributed by atoms with E-state index in [1.54, 1.807) is 11.0 Å². The van der Waals surface area contributed by atoms with Gasteiger partial charge in [-0.3, -0.25) is 9.59 Å². The topological polar surface area (TPSA) is 62.4 Å². The number of carbonyl (C=O) groups is 1. The Hall–Kier alpha value is -3.34. The van der Waals surface area contributed by atoms with Crippen LogP contribution < -0.4 is 15.2 Å². The molecule has 0 saturated carbocycles. The fraction of sp³-hybridized carbons (Fsp3) is 0.143. The molecule has 0 fully saturated rings. The molecule has 1 aliphatic rings. The number of aromatic nitrogens is 1. The van der Waals surface area contributed by atoms with Crippen LogP contribution in [0.25, 0.3) is 0 Å². The quantitative estimate of drug-likeness (QED) is 0.792. The van der Waals surface area contributed by atoms with E-state index in [1.807, 2.05) is 42.5 Å². The highest BCUT2D eigenvalue weighted by Crippen LogP contribution is 2.40. The number of ether oxygens (including phenoxy) is 1. The highest BCUT2D eigenvalue weighted by Gasteiger charge is 2.35. The van der Waals surface area contributed by atoms with Crippen LogP contribution >= 0.6 is 0 Å². The van der Waals surface area contributed by atoms with E-state index >= 15 is 0 Å². The number of rotatable bonds is 3. The van der Waals surface area contributed by atoms with Crippen molar-refractivity contribution in [2.24, 2.45) is 0 Å². The van der Waals surface area contributed by atoms with Crippen molar-refractivity contribution >= 4 is 11.6 Å². The van der Waals surface area contributed by atoms with E-state index in [9.17, 15) is 9.59 Å². The van der Waals surface area contributed by atoms with Gasteiger partial charge in [-0.05, 0) is 23.3 Å². The number of pyridine rings is 1. The summed E-state index contributed by atoms with van der Waals surface area (Å²) < 4.78 is 5.24. The number of nitrogens with zero attached hydrogens (tertiary/aromatic N) is 1. The molecule has 3 aromatic rings. The van der Waals surface area contributed by atoms with Gasteiger partial charge in [-0.15, -0.1) is 0 Å². The molecule has 26 heavy (non-hydrogen) atoms. The van der Waals surface area contributed by atoms with Crippen molar-refractivity contribution < 1.29 is 9.53 Å². The van der Waals surface area contributed by atoms with E-state index < -0.39 is 5.56 Å². The van der Waals surface area contributed by atoms with Crippen LogP contribution in [0, 0.1) is 0 Å². The van der Waals surface area contributed by atoms with Crippen LogP contribution in [0.15, 0.2) is 71.7 Å². The number of aromatic amines is 1. The van der Waals surface area contributed by atoms with Gasteiger partial charge >= 0.3 is 0 Å². The average molecular weight is 346 g/mol. The Kier molecular flexibility index (Phi) is 4.05. The third kappa shape index (κ3) is 2.58. The summed E-state index contributed by atoms with van der Waals surface area (Å²) >= 11 is 0. The zero-order valence-corrected chi connectivity index (χ0v) is 14.3. The van der Waals surface area contributed by atoms with Crippen molar-refractivity contribution in [1.82, 2.24) is 4.98 Å². The number of hydrogen-bond acceptors (Lipinski definition) is 3. The van der Waals surface area contributed by atoms with Gasteiger partial charge in [0.05, 0.1) is 7.11 Å². The van der Waals surface area contributed by atoms with Crippen molar-refractivity contribution in [3.05, 3.63) is 93.9 Å². The number of carbonyl (C=O) groups excluding carboxylic acids is 1. The summed E-state index contributed by atoms with van der Waals surface area (Å²) in [6.07, 6.45) is 1.47. The maximum Gasteiger partial charge on any atom is 0.267 e. The lowest BCUT2D eigenvalue weighted by molar-refractivity contribution is 0.0984. The van der Waals surface area contributed by atoms with E-state index in [4.69, 9.17) is 4.74 Å². The Bertz CT molecular complexity index is 1010. The normalized spacial score (nSPS) is 15.6. The molecular weight excluding hydrogens is 328 g/mol. The zero-order valence-electron chi connectivity index (χ0n) is 14.3. The maximum absolute atomic E-state index is 13.2. The van der Waals surface area contributed by atoms with E-state index in [1.165, 1.54) is 13.3 Å².